The molecule has 3 saturated heterocycles. The van der Waals surface area contributed by atoms with Crippen molar-refractivity contribution >= 4 is 18.0 Å². The van der Waals surface area contributed by atoms with Crippen LogP contribution >= 0.6 is 0 Å². The Morgan fingerprint density at radius 3 is 2.91 bits per heavy atom. The second-order valence-electron chi connectivity index (χ2n) is 9.26. The van der Waals surface area contributed by atoms with Crippen molar-refractivity contribution in [3.63, 3.8) is 0 Å². The predicted octanol–water partition coefficient (Wildman–Crippen LogP) is 1.87. The Morgan fingerprint density at radius 1 is 1.30 bits per heavy atom. The van der Waals surface area contributed by atoms with Crippen molar-refractivity contribution in [2.75, 3.05) is 19.6 Å². The summed E-state index contributed by atoms with van der Waals surface area (Å²) in [6.07, 6.45) is 1.25. The van der Waals surface area contributed by atoms with Crippen LogP contribution in [0, 0.1) is 17.8 Å². The van der Waals surface area contributed by atoms with Crippen LogP contribution < -0.4 is 16.0 Å². The molecular formula is C23H32N4O6. The molecule has 4 N–H and O–H groups in total. The molecule has 33 heavy (non-hydrogen) atoms. The number of aromatic nitrogens is 1. The molecule has 7 unspecified atom stereocenters. The number of nitrogens with zero attached hydrogens (tertiary/aromatic N) is 1. The molecule has 4 rings (SSSR count). The number of alkyl carbamates (subject to hydrolysis) is 1. The van der Waals surface area contributed by atoms with E-state index in [-0.39, 0.29) is 36.1 Å². The van der Waals surface area contributed by atoms with Gasteiger partial charge < -0.3 is 30.5 Å². The highest BCUT2D eigenvalue weighted by Crippen LogP contribution is 2.35. The van der Waals surface area contributed by atoms with Crippen LogP contribution in [0.2, 0.25) is 0 Å². The van der Waals surface area contributed by atoms with Gasteiger partial charge in [0.2, 0.25) is 0 Å². The highest BCUT2D eigenvalue weighted by molar-refractivity contribution is 5.82. The highest BCUT2D eigenvalue weighted by Gasteiger charge is 2.45. The fraction of sp³-hybridized carbons (Fsp3) is 0.652. The first kappa shape index (κ1) is 23.4. The van der Waals surface area contributed by atoms with Crippen LogP contribution in [-0.2, 0) is 14.3 Å². The maximum Gasteiger partial charge on any atom is 0.506 e. The summed E-state index contributed by atoms with van der Waals surface area (Å²) in [5.74, 6) is -0.548. The Balaban J connectivity index is 1.41. The molecule has 3 aliphatic heterocycles. The number of carbonyl (C=O) groups is 3. The van der Waals surface area contributed by atoms with E-state index in [1.54, 1.807) is 6.20 Å². The summed E-state index contributed by atoms with van der Waals surface area (Å²) < 4.78 is 10.6. The van der Waals surface area contributed by atoms with Crippen molar-refractivity contribution in [3.8, 4) is 0 Å². The van der Waals surface area contributed by atoms with Gasteiger partial charge in [0.25, 0.3) is 0 Å². The third kappa shape index (κ3) is 5.62. The average molecular weight is 461 g/mol. The molecule has 180 valence electrons. The minimum atomic E-state index is -1.38. The number of hydrogen-bond donors (Lipinski definition) is 4. The van der Waals surface area contributed by atoms with E-state index in [2.05, 4.69) is 20.9 Å². The van der Waals surface area contributed by atoms with E-state index >= 15 is 0 Å². The van der Waals surface area contributed by atoms with E-state index in [4.69, 9.17) is 14.6 Å². The summed E-state index contributed by atoms with van der Waals surface area (Å²) in [6, 6.07) is 5.76. The second-order valence-corrected chi connectivity index (χ2v) is 9.26. The van der Waals surface area contributed by atoms with Gasteiger partial charge in [-0.2, -0.15) is 0 Å². The number of hydrogen-bond acceptors (Lipinski definition) is 8. The average Bonchev–Trinajstić information content (AvgIpc) is 3.21. The summed E-state index contributed by atoms with van der Waals surface area (Å²) in [4.78, 5) is 40.7. The number of carbonyl (C=O) groups excluding carboxylic acids is 2. The quantitative estimate of drug-likeness (QED) is 0.449. The van der Waals surface area contributed by atoms with Crippen molar-refractivity contribution in [3.05, 3.63) is 30.1 Å². The van der Waals surface area contributed by atoms with E-state index in [0.717, 1.165) is 25.1 Å². The maximum atomic E-state index is 13.1. The first-order chi connectivity index (χ1) is 15.9. The topological polar surface area (TPSA) is 139 Å². The van der Waals surface area contributed by atoms with Gasteiger partial charge in [-0.05, 0) is 50.4 Å². The molecule has 1 aromatic rings. The van der Waals surface area contributed by atoms with E-state index < -0.39 is 30.4 Å². The third-order valence-corrected chi connectivity index (χ3v) is 7.05. The smallest absolute Gasteiger partial charge is 0.450 e. The third-order valence-electron chi connectivity index (χ3n) is 7.05. The van der Waals surface area contributed by atoms with Gasteiger partial charge in [0.15, 0.2) is 0 Å². The number of carboxylic acid groups (broad SMARTS) is 1. The maximum absolute atomic E-state index is 13.1. The van der Waals surface area contributed by atoms with Gasteiger partial charge in [0, 0.05) is 31.1 Å². The van der Waals surface area contributed by atoms with Crippen LogP contribution in [0.15, 0.2) is 24.4 Å². The normalized spacial score (nSPS) is 32.9. The van der Waals surface area contributed by atoms with Crippen LogP contribution in [0.25, 0.3) is 0 Å². The number of Topliss-reactive ketones (excluding diaryl/α,β-unsaturated/α-hetero) is 1. The fourth-order valence-corrected chi connectivity index (χ4v) is 5.42. The van der Waals surface area contributed by atoms with Crippen LogP contribution in [0.3, 0.4) is 0 Å². The summed E-state index contributed by atoms with van der Waals surface area (Å²) in [5, 5.41) is 18.6. The molecule has 0 saturated carbocycles. The first-order valence-electron chi connectivity index (χ1n) is 11.7. The van der Waals surface area contributed by atoms with Gasteiger partial charge in [-0.3, -0.25) is 9.78 Å². The lowest BCUT2D eigenvalue weighted by Gasteiger charge is -2.36. The van der Waals surface area contributed by atoms with Crippen molar-refractivity contribution in [2.24, 2.45) is 17.8 Å². The molecule has 3 fully saturated rings. The summed E-state index contributed by atoms with van der Waals surface area (Å²) in [7, 11) is 0. The van der Waals surface area contributed by atoms with Crippen molar-refractivity contribution < 1.29 is 29.0 Å². The Hall–Kier alpha value is -2.72. The number of pyridine rings is 1. The lowest BCUT2D eigenvalue weighted by Crippen LogP contribution is -2.48. The lowest BCUT2D eigenvalue weighted by molar-refractivity contribution is -0.129. The Bertz CT molecular complexity index is 853. The second kappa shape index (κ2) is 10.5. The van der Waals surface area contributed by atoms with E-state index in [1.165, 1.54) is 0 Å². The zero-order chi connectivity index (χ0) is 23.4. The first-order valence-corrected chi connectivity index (χ1v) is 11.7. The van der Waals surface area contributed by atoms with Crippen molar-refractivity contribution in [2.45, 2.75) is 56.9 Å². The molecule has 0 aliphatic carbocycles. The van der Waals surface area contributed by atoms with Gasteiger partial charge in [0.05, 0.1) is 17.7 Å². The Kier molecular flexibility index (Phi) is 7.44. The van der Waals surface area contributed by atoms with Crippen molar-refractivity contribution in [1.29, 1.82) is 0 Å². The molecule has 3 aliphatic rings. The molecule has 0 spiro atoms. The zero-order valence-corrected chi connectivity index (χ0v) is 18.7. The van der Waals surface area contributed by atoms with Gasteiger partial charge in [-0.15, -0.1) is 0 Å². The number of cyclic esters (lactones) is 1. The minimum Gasteiger partial charge on any atom is -0.450 e. The minimum absolute atomic E-state index is 0.0476. The van der Waals surface area contributed by atoms with Crippen LogP contribution in [0.4, 0.5) is 9.59 Å². The number of piperidine rings is 2. The van der Waals surface area contributed by atoms with E-state index in [9.17, 15) is 14.4 Å². The van der Waals surface area contributed by atoms with E-state index in [1.807, 2.05) is 25.1 Å². The SMILES string of the molecule is CC(CC(=O)C1CCNCC1OC(=O)O)C1OC(=O)NC1C1CCNC(c2ccccn2)C1. The molecule has 4 heterocycles. The summed E-state index contributed by atoms with van der Waals surface area (Å²) >= 11 is 0. The molecule has 0 radical (unpaired) electrons. The van der Waals surface area contributed by atoms with Crippen LogP contribution in [0.5, 0.6) is 0 Å². The molecule has 1 amide bonds. The van der Waals surface area contributed by atoms with Crippen LogP contribution in [-0.4, -0.2) is 66.0 Å². The number of amides is 1. The molecule has 1 aromatic heterocycles. The van der Waals surface area contributed by atoms with Gasteiger partial charge >= 0.3 is 12.2 Å². The molecule has 10 heteroatoms. The number of ketones is 1. The van der Waals surface area contributed by atoms with E-state index in [0.29, 0.717) is 19.5 Å². The summed E-state index contributed by atoms with van der Waals surface area (Å²) in [6.45, 7) is 3.68. The number of nitrogens with one attached hydrogen (secondary N) is 3. The molecule has 7 atom stereocenters. The molecule has 0 aromatic carbocycles. The highest BCUT2D eigenvalue weighted by atomic mass is 16.7. The fourth-order valence-electron chi connectivity index (χ4n) is 5.42. The van der Waals surface area contributed by atoms with Crippen molar-refractivity contribution in [1.82, 2.24) is 20.9 Å². The largest absolute Gasteiger partial charge is 0.506 e. The number of rotatable bonds is 7. The summed E-state index contributed by atoms with van der Waals surface area (Å²) in [5.41, 5.74) is 0.975. The van der Waals surface area contributed by atoms with Gasteiger partial charge in [-0.1, -0.05) is 13.0 Å². The number of ether oxygens (including phenoxy) is 2. The zero-order valence-electron chi connectivity index (χ0n) is 18.7. The molecule has 0 bridgehead atoms. The standard InChI is InChI=1S/C23H32N4O6/c1-13(10-18(28)15-6-8-24-12-19(15)32-23(30)31)21-20(27-22(29)33-21)14-5-9-26-17(11-14)16-4-2-3-7-25-16/h2-4,7,13-15,17,19-21,24,26H,5-6,8-12H2,1H3,(H,27,29)(H,30,31). The monoisotopic (exact) mass is 460 g/mol. The Morgan fingerprint density at radius 2 is 2.15 bits per heavy atom. The van der Waals surface area contributed by atoms with Crippen LogP contribution in [0.1, 0.15) is 44.3 Å². The molecule has 10 nitrogen and oxygen atoms in total. The van der Waals surface area contributed by atoms with Gasteiger partial charge in [-0.25, -0.2) is 9.59 Å². The lowest BCUT2D eigenvalue weighted by atomic mass is 9.78. The predicted molar refractivity (Wildman–Crippen MR) is 118 cm³/mol. The molecular weight excluding hydrogens is 428 g/mol. The Labute approximate surface area is 192 Å². The van der Waals surface area contributed by atoms with Gasteiger partial charge in [0.1, 0.15) is 18.0 Å².